The Hall–Kier alpha value is -3.66. The van der Waals surface area contributed by atoms with Crippen molar-refractivity contribution in [2.24, 2.45) is 7.05 Å². The van der Waals surface area contributed by atoms with E-state index < -0.39 is 17.9 Å². The highest BCUT2D eigenvalue weighted by atomic mass is 19.1. The number of rotatable bonds is 8. The highest BCUT2D eigenvalue weighted by Gasteiger charge is 2.22. The second kappa shape index (κ2) is 9.00. The van der Waals surface area contributed by atoms with Crippen LogP contribution in [0.2, 0.25) is 0 Å². The van der Waals surface area contributed by atoms with E-state index in [4.69, 9.17) is 15.2 Å². The summed E-state index contributed by atoms with van der Waals surface area (Å²) in [6, 6.07) is 5.22. The minimum absolute atomic E-state index is 0.132. The average molecular weight is 429 g/mol. The lowest BCUT2D eigenvalue weighted by Crippen LogP contribution is -2.12. The van der Waals surface area contributed by atoms with Crippen LogP contribution in [-0.4, -0.2) is 40.0 Å². The van der Waals surface area contributed by atoms with Gasteiger partial charge in [-0.2, -0.15) is 5.10 Å². The highest BCUT2D eigenvalue weighted by Crippen LogP contribution is 2.37. The number of ether oxygens (including phenoxy) is 2. The van der Waals surface area contributed by atoms with Gasteiger partial charge in [-0.3, -0.25) is 0 Å². The summed E-state index contributed by atoms with van der Waals surface area (Å²) in [5.41, 5.74) is 8.30. The summed E-state index contributed by atoms with van der Waals surface area (Å²) in [5.74, 6) is -0.957. The largest absolute Gasteiger partial charge is 0.482 e. The number of pyridine rings is 1. The molecule has 0 amide bonds. The van der Waals surface area contributed by atoms with Crippen LogP contribution >= 0.6 is 0 Å². The van der Waals surface area contributed by atoms with Crippen LogP contribution < -0.4 is 20.5 Å². The molecule has 164 valence electrons. The van der Waals surface area contributed by atoms with Crippen molar-refractivity contribution >= 4 is 11.8 Å². The first-order valence-electron chi connectivity index (χ1n) is 9.46. The molecule has 0 saturated heterocycles. The van der Waals surface area contributed by atoms with E-state index in [0.29, 0.717) is 23.6 Å². The maximum atomic E-state index is 13.5. The van der Waals surface area contributed by atoms with Crippen molar-refractivity contribution in [1.29, 1.82) is 0 Å². The summed E-state index contributed by atoms with van der Waals surface area (Å²) in [5, 5.41) is 16.9. The number of nitrogens with zero attached hydrogens (tertiary/aromatic N) is 3. The quantitative estimate of drug-likeness (QED) is 0.499. The van der Waals surface area contributed by atoms with Gasteiger partial charge in [0.05, 0.1) is 23.9 Å². The van der Waals surface area contributed by atoms with Crippen molar-refractivity contribution in [3.8, 4) is 22.8 Å². The third kappa shape index (κ3) is 4.43. The Labute approximate surface area is 178 Å². The van der Waals surface area contributed by atoms with E-state index >= 15 is 0 Å². The minimum atomic E-state index is -1.25. The minimum Gasteiger partial charge on any atom is -0.482 e. The number of carboxylic acid groups (broad SMARTS) is 1. The lowest BCUT2D eigenvalue weighted by Gasteiger charge is -2.18. The number of hydrogen-bond acceptors (Lipinski definition) is 7. The van der Waals surface area contributed by atoms with Gasteiger partial charge in [0, 0.05) is 30.9 Å². The second-order valence-corrected chi connectivity index (χ2v) is 6.89. The molecule has 3 rings (SSSR count). The van der Waals surface area contributed by atoms with Crippen molar-refractivity contribution < 1.29 is 23.8 Å². The van der Waals surface area contributed by atoms with Crippen molar-refractivity contribution in [3.05, 3.63) is 53.1 Å². The van der Waals surface area contributed by atoms with E-state index in [1.807, 2.05) is 7.05 Å². The van der Waals surface area contributed by atoms with Gasteiger partial charge in [0.25, 0.3) is 0 Å². The Kier molecular flexibility index (Phi) is 6.40. The van der Waals surface area contributed by atoms with Gasteiger partial charge in [-0.15, -0.1) is 0 Å². The molecule has 0 fully saturated rings. The number of carbonyl (C=O) groups is 1. The standard InChI is InChI=1S/C21H24FN5O4/c1-11(14-6-5-13(22)8-15(14)21(28)29)31-17-7-12(9-25-19(17)23)18-16(10-24-2)26-27(3)20(18)30-4/h5-9,11,24H,10H2,1-4H3,(H2,23,25)(H,28,29). The predicted octanol–water partition coefficient (Wildman–Crippen LogP) is 2.77. The number of aromatic nitrogens is 3. The number of halogens is 1. The molecule has 0 aliphatic rings. The van der Waals surface area contributed by atoms with Gasteiger partial charge >= 0.3 is 5.97 Å². The maximum absolute atomic E-state index is 13.5. The van der Waals surface area contributed by atoms with Crippen molar-refractivity contribution in [2.45, 2.75) is 19.6 Å². The zero-order chi connectivity index (χ0) is 22.7. The van der Waals surface area contributed by atoms with Gasteiger partial charge < -0.3 is 25.6 Å². The van der Waals surface area contributed by atoms with E-state index in [1.54, 1.807) is 38.0 Å². The SMILES string of the molecule is CNCc1nn(C)c(OC)c1-c1cnc(N)c(OC(C)c2ccc(F)cc2C(=O)O)c1. The molecule has 0 saturated carbocycles. The number of anilines is 1. The van der Waals surface area contributed by atoms with E-state index in [0.717, 1.165) is 17.3 Å². The predicted molar refractivity (Wildman–Crippen MR) is 113 cm³/mol. The Morgan fingerprint density at radius 2 is 2.13 bits per heavy atom. The van der Waals surface area contributed by atoms with Crippen LogP contribution in [0.1, 0.15) is 34.6 Å². The first kappa shape index (κ1) is 22.0. The Bertz CT molecular complexity index is 1120. The van der Waals surface area contributed by atoms with Crippen LogP contribution in [0.5, 0.6) is 11.6 Å². The fourth-order valence-corrected chi connectivity index (χ4v) is 3.39. The van der Waals surface area contributed by atoms with Crippen LogP contribution in [0.15, 0.2) is 30.5 Å². The summed E-state index contributed by atoms with van der Waals surface area (Å²) in [6.45, 7) is 2.16. The van der Waals surface area contributed by atoms with Gasteiger partial charge in [0.1, 0.15) is 11.9 Å². The molecule has 31 heavy (non-hydrogen) atoms. The van der Waals surface area contributed by atoms with Crippen LogP contribution in [0, 0.1) is 5.82 Å². The number of nitrogens with two attached hydrogens (primary N) is 1. The van der Waals surface area contributed by atoms with Crippen molar-refractivity contribution in [1.82, 2.24) is 20.1 Å². The lowest BCUT2D eigenvalue weighted by molar-refractivity contribution is 0.0691. The molecular formula is C21H24FN5O4. The summed E-state index contributed by atoms with van der Waals surface area (Å²) in [4.78, 5) is 15.7. The van der Waals surface area contributed by atoms with Gasteiger partial charge in [-0.05, 0) is 32.2 Å². The number of nitrogen functional groups attached to an aromatic ring is 1. The molecule has 2 aromatic heterocycles. The molecule has 1 unspecified atom stereocenters. The van der Waals surface area contributed by atoms with E-state index in [1.165, 1.54) is 12.1 Å². The Morgan fingerprint density at radius 1 is 1.39 bits per heavy atom. The van der Waals surface area contributed by atoms with Crippen LogP contribution in [0.25, 0.3) is 11.1 Å². The zero-order valence-electron chi connectivity index (χ0n) is 17.6. The summed E-state index contributed by atoms with van der Waals surface area (Å²) in [6.07, 6.45) is 0.866. The maximum Gasteiger partial charge on any atom is 0.336 e. The molecule has 9 nitrogen and oxygen atoms in total. The van der Waals surface area contributed by atoms with Crippen LogP contribution in [0.3, 0.4) is 0 Å². The molecule has 0 spiro atoms. The topological polar surface area (TPSA) is 125 Å². The fourth-order valence-electron chi connectivity index (χ4n) is 3.39. The monoisotopic (exact) mass is 429 g/mol. The molecular weight excluding hydrogens is 405 g/mol. The van der Waals surface area contributed by atoms with Crippen LogP contribution in [0.4, 0.5) is 10.2 Å². The summed E-state index contributed by atoms with van der Waals surface area (Å²) < 4.78 is 26.6. The fraction of sp³-hybridized carbons (Fsp3) is 0.286. The lowest BCUT2D eigenvalue weighted by atomic mass is 10.0. The number of carboxylic acids is 1. The average Bonchev–Trinajstić information content (AvgIpc) is 3.04. The first-order chi connectivity index (χ1) is 14.8. The summed E-state index contributed by atoms with van der Waals surface area (Å²) >= 11 is 0. The zero-order valence-corrected chi connectivity index (χ0v) is 17.6. The molecule has 2 heterocycles. The second-order valence-electron chi connectivity index (χ2n) is 6.89. The highest BCUT2D eigenvalue weighted by molar-refractivity contribution is 5.89. The third-order valence-corrected chi connectivity index (χ3v) is 4.76. The number of methoxy groups -OCH3 is 1. The number of hydrogen-bond donors (Lipinski definition) is 3. The van der Waals surface area contributed by atoms with Crippen LogP contribution in [-0.2, 0) is 13.6 Å². The van der Waals surface area contributed by atoms with E-state index in [2.05, 4.69) is 15.4 Å². The third-order valence-electron chi connectivity index (χ3n) is 4.76. The van der Waals surface area contributed by atoms with Gasteiger partial charge in [0.2, 0.25) is 5.88 Å². The van der Waals surface area contributed by atoms with E-state index in [-0.39, 0.29) is 17.1 Å². The number of benzene rings is 1. The molecule has 0 aliphatic carbocycles. The number of aromatic carboxylic acids is 1. The molecule has 10 heteroatoms. The Balaban J connectivity index is 2.01. The Morgan fingerprint density at radius 3 is 2.77 bits per heavy atom. The molecule has 0 radical (unpaired) electrons. The molecule has 3 aromatic rings. The van der Waals surface area contributed by atoms with Gasteiger partial charge in [-0.1, -0.05) is 6.07 Å². The van der Waals surface area contributed by atoms with E-state index in [9.17, 15) is 14.3 Å². The smallest absolute Gasteiger partial charge is 0.336 e. The first-order valence-corrected chi connectivity index (χ1v) is 9.46. The molecule has 1 aromatic carbocycles. The molecule has 4 N–H and O–H groups in total. The number of nitrogens with one attached hydrogen (secondary N) is 1. The van der Waals surface area contributed by atoms with Gasteiger partial charge in [0.15, 0.2) is 11.6 Å². The van der Waals surface area contributed by atoms with Crippen molar-refractivity contribution in [2.75, 3.05) is 19.9 Å². The summed E-state index contributed by atoms with van der Waals surface area (Å²) in [7, 11) is 5.13. The number of aryl methyl sites for hydroxylation is 1. The van der Waals surface area contributed by atoms with Crippen molar-refractivity contribution in [3.63, 3.8) is 0 Å². The molecule has 0 bridgehead atoms. The molecule has 1 atom stereocenters. The molecule has 0 aliphatic heterocycles. The van der Waals surface area contributed by atoms with Gasteiger partial charge in [-0.25, -0.2) is 18.9 Å². The normalized spacial score (nSPS) is 11.9.